The van der Waals surface area contributed by atoms with Crippen molar-refractivity contribution in [3.05, 3.63) is 58.5 Å². The maximum Gasteiger partial charge on any atom is 0.255 e. The van der Waals surface area contributed by atoms with Gasteiger partial charge in [0.2, 0.25) is 5.96 Å². The van der Waals surface area contributed by atoms with E-state index in [9.17, 15) is 9.18 Å². The molecule has 2 rings (SSSR count). The molecule has 25 heavy (non-hydrogen) atoms. The summed E-state index contributed by atoms with van der Waals surface area (Å²) in [5.74, 6) is 9.90. The highest BCUT2D eigenvalue weighted by atomic mass is 35.5. The second-order valence-electron chi connectivity index (χ2n) is 5.28. The number of amides is 1. The number of aliphatic imine (C=N–C) groups is 1. The van der Waals surface area contributed by atoms with Crippen molar-refractivity contribution in [1.82, 2.24) is 10.3 Å². The van der Waals surface area contributed by atoms with Crippen LogP contribution in [0.25, 0.3) is 0 Å². The summed E-state index contributed by atoms with van der Waals surface area (Å²) < 4.78 is 13.0. The summed E-state index contributed by atoms with van der Waals surface area (Å²) in [6.07, 6.45) is 3.93. The van der Waals surface area contributed by atoms with E-state index in [2.05, 4.69) is 15.4 Å². The fraction of sp³-hybridized carbons (Fsp3) is 0.188. The number of nitrogens with two attached hydrogens (primary N) is 2. The SMILES string of the molecule is CN(N)/C(=N\N)NC(=O)C1=C(Cl)C(Cc2ccc(F)cc2)=NC=CC1. The van der Waals surface area contributed by atoms with E-state index in [4.69, 9.17) is 23.3 Å². The molecule has 0 unspecified atom stereocenters. The summed E-state index contributed by atoms with van der Waals surface area (Å²) in [4.78, 5) is 16.7. The number of hydrazine groups is 1. The molecule has 0 bridgehead atoms. The Morgan fingerprint density at radius 1 is 1.44 bits per heavy atom. The average Bonchev–Trinajstić information content (AvgIpc) is 2.76. The number of hydrazone groups is 1. The molecule has 0 aliphatic carbocycles. The Morgan fingerprint density at radius 3 is 2.72 bits per heavy atom. The van der Waals surface area contributed by atoms with Crippen LogP contribution in [0.1, 0.15) is 12.0 Å². The van der Waals surface area contributed by atoms with Crippen molar-refractivity contribution in [2.24, 2.45) is 21.8 Å². The van der Waals surface area contributed by atoms with Crippen LogP contribution in [0.3, 0.4) is 0 Å². The quantitative estimate of drug-likeness (QED) is 0.325. The van der Waals surface area contributed by atoms with Gasteiger partial charge in [0, 0.05) is 25.2 Å². The van der Waals surface area contributed by atoms with Gasteiger partial charge in [-0.1, -0.05) is 29.8 Å². The molecule has 0 radical (unpaired) electrons. The van der Waals surface area contributed by atoms with Gasteiger partial charge in [0.25, 0.3) is 5.91 Å². The van der Waals surface area contributed by atoms with E-state index in [1.807, 2.05) is 0 Å². The lowest BCUT2D eigenvalue weighted by molar-refractivity contribution is -0.116. The summed E-state index contributed by atoms with van der Waals surface area (Å²) in [6, 6.07) is 5.99. The Bertz CT molecular complexity index is 767. The number of halogens is 2. The van der Waals surface area contributed by atoms with Crippen molar-refractivity contribution in [2.75, 3.05) is 7.05 Å². The van der Waals surface area contributed by atoms with Crippen LogP contribution < -0.4 is 17.0 Å². The number of allylic oxidation sites excluding steroid dienone is 2. The molecule has 5 N–H and O–H groups in total. The molecule has 1 aromatic carbocycles. The minimum absolute atomic E-state index is 0.00721. The summed E-state index contributed by atoms with van der Waals surface area (Å²) in [7, 11) is 1.48. The normalized spacial score (nSPS) is 14.9. The number of nitrogens with one attached hydrogen (secondary N) is 1. The highest BCUT2D eigenvalue weighted by molar-refractivity contribution is 6.46. The van der Waals surface area contributed by atoms with E-state index in [1.54, 1.807) is 24.4 Å². The first-order valence-corrected chi connectivity index (χ1v) is 7.73. The molecular weight excluding hydrogens is 347 g/mol. The number of nitrogens with zero attached hydrogens (tertiary/aromatic N) is 3. The zero-order valence-electron chi connectivity index (χ0n) is 13.5. The van der Waals surface area contributed by atoms with Gasteiger partial charge in [-0.3, -0.25) is 20.1 Å². The van der Waals surface area contributed by atoms with E-state index in [1.165, 1.54) is 19.2 Å². The highest BCUT2D eigenvalue weighted by Gasteiger charge is 2.21. The molecular formula is C16H18ClFN6O. The van der Waals surface area contributed by atoms with Gasteiger partial charge in [-0.15, -0.1) is 5.10 Å². The van der Waals surface area contributed by atoms with Crippen molar-refractivity contribution in [3.63, 3.8) is 0 Å². The molecule has 1 amide bonds. The lowest BCUT2D eigenvalue weighted by Crippen LogP contribution is -2.46. The van der Waals surface area contributed by atoms with Gasteiger partial charge in [-0.05, 0) is 24.1 Å². The second-order valence-corrected chi connectivity index (χ2v) is 5.66. The number of hydrogen-bond acceptors (Lipinski definition) is 5. The molecule has 7 nitrogen and oxygen atoms in total. The second kappa shape index (κ2) is 8.41. The largest absolute Gasteiger partial charge is 0.320 e. The molecule has 132 valence electrons. The van der Waals surface area contributed by atoms with E-state index < -0.39 is 5.91 Å². The molecule has 0 spiro atoms. The zero-order valence-corrected chi connectivity index (χ0v) is 14.3. The van der Waals surface area contributed by atoms with Crippen LogP contribution >= 0.6 is 11.6 Å². The number of guanidine groups is 1. The van der Waals surface area contributed by atoms with Gasteiger partial charge in [0.05, 0.1) is 10.7 Å². The maximum atomic E-state index is 13.0. The fourth-order valence-corrected chi connectivity index (χ4v) is 2.41. The van der Waals surface area contributed by atoms with Crippen LogP contribution in [0, 0.1) is 5.82 Å². The highest BCUT2D eigenvalue weighted by Crippen LogP contribution is 2.21. The Morgan fingerprint density at radius 2 is 2.12 bits per heavy atom. The Balaban J connectivity index is 2.25. The van der Waals surface area contributed by atoms with Crippen molar-refractivity contribution in [2.45, 2.75) is 12.8 Å². The molecule has 1 aliphatic heterocycles. The molecule has 1 aliphatic rings. The van der Waals surface area contributed by atoms with Crippen LogP contribution in [0.5, 0.6) is 0 Å². The Kier molecular flexibility index (Phi) is 6.26. The van der Waals surface area contributed by atoms with Gasteiger partial charge < -0.3 is 5.84 Å². The van der Waals surface area contributed by atoms with Gasteiger partial charge in [-0.2, -0.15) is 0 Å². The van der Waals surface area contributed by atoms with Crippen LogP contribution in [0.15, 0.2) is 57.2 Å². The fourth-order valence-electron chi connectivity index (χ4n) is 2.13. The third-order valence-corrected chi connectivity index (χ3v) is 3.86. The van der Waals surface area contributed by atoms with E-state index in [-0.39, 0.29) is 23.2 Å². The zero-order chi connectivity index (χ0) is 18.4. The number of carbonyl (C=O) groups excluding carboxylic acids is 1. The molecule has 0 atom stereocenters. The van der Waals surface area contributed by atoms with Crippen molar-refractivity contribution in [3.8, 4) is 0 Å². The molecule has 1 aromatic rings. The van der Waals surface area contributed by atoms with Gasteiger partial charge in [0.15, 0.2) is 0 Å². The molecule has 0 fully saturated rings. The predicted octanol–water partition coefficient (Wildman–Crippen LogP) is 1.37. The van der Waals surface area contributed by atoms with E-state index >= 15 is 0 Å². The number of carbonyl (C=O) groups is 1. The molecule has 9 heteroatoms. The predicted molar refractivity (Wildman–Crippen MR) is 95.9 cm³/mol. The molecule has 0 saturated carbocycles. The number of rotatable bonds is 3. The summed E-state index contributed by atoms with van der Waals surface area (Å²) >= 11 is 6.39. The van der Waals surface area contributed by atoms with Crippen LogP contribution in [-0.4, -0.2) is 29.6 Å². The Hall–Kier alpha value is -2.71. The minimum atomic E-state index is -0.482. The lowest BCUT2D eigenvalue weighted by Gasteiger charge is -2.16. The monoisotopic (exact) mass is 364 g/mol. The van der Waals surface area contributed by atoms with Crippen molar-refractivity contribution >= 4 is 29.2 Å². The standard InChI is InChI=1S/C16H18ClFN6O/c1-24(20)16(23-19)22-15(25)12-3-2-8-21-13(14(12)17)9-10-4-6-11(18)7-5-10/h2,4-8H,3,9,19-20H2,1H3,(H,22,23,25). The maximum absolute atomic E-state index is 13.0. The molecule has 1 heterocycles. The first-order chi connectivity index (χ1) is 11.9. The number of benzene rings is 1. The summed E-state index contributed by atoms with van der Waals surface area (Å²) in [6.45, 7) is 0. The summed E-state index contributed by atoms with van der Waals surface area (Å²) in [5.41, 5.74) is 1.62. The smallest absolute Gasteiger partial charge is 0.255 e. The van der Waals surface area contributed by atoms with Gasteiger partial charge in [0.1, 0.15) is 5.82 Å². The van der Waals surface area contributed by atoms with E-state index in [0.717, 1.165) is 10.6 Å². The van der Waals surface area contributed by atoms with Crippen LogP contribution in [0.2, 0.25) is 0 Å². The lowest BCUT2D eigenvalue weighted by atomic mass is 10.0. The van der Waals surface area contributed by atoms with Gasteiger partial charge in [-0.25, -0.2) is 10.2 Å². The van der Waals surface area contributed by atoms with Crippen molar-refractivity contribution in [1.29, 1.82) is 0 Å². The third-order valence-electron chi connectivity index (χ3n) is 3.42. The van der Waals surface area contributed by atoms with Crippen LogP contribution in [0.4, 0.5) is 4.39 Å². The molecule has 0 saturated heterocycles. The van der Waals surface area contributed by atoms with Gasteiger partial charge >= 0.3 is 0 Å². The topological polar surface area (TPSA) is 109 Å². The van der Waals surface area contributed by atoms with E-state index in [0.29, 0.717) is 17.7 Å². The average molecular weight is 365 g/mol. The minimum Gasteiger partial charge on any atom is -0.320 e. The van der Waals surface area contributed by atoms with Crippen LogP contribution in [-0.2, 0) is 11.2 Å². The number of hydrogen-bond donors (Lipinski definition) is 3. The van der Waals surface area contributed by atoms with Crippen molar-refractivity contribution < 1.29 is 9.18 Å². The first-order valence-electron chi connectivity index (χ1n) is 7.35. The summed E-state index contributed by atoms with van der Waals surface area (Å²) in [5, 5.41) is 7.19. The molecule has 0 aromatic heterocycles. The first kappa shape index (κ1) is 18.6. The third kappa shape index (κ3) is 4.88. The Labute approximate surface area is 149 Å².